The van der Waals surface area contributed by atoms with Crippen molar-refractivity contribution >= 4 is 17.5 Å². The fourth-order valence-electron chi connectivity index (χ4n) is 1.16. The van der Waals surface area contributed by atoms with Crippen LogP contribution < -0.4 is 0 Å². The Bertz CT molecular complexity index is 448. The first-order valence-electron chi connectivity index (χ1n) is 4.90. The van der Waals surface area contributed by atoms with Gasteiger partial charge in [-0.15, -0.1) is 0 Å². The van der Waals surface area contributed by atoms with E-state index in [0.29, 0.717) is 5.56 Å². The van der Waals surface area contributed by atoms with Crippen LogP contribution in [0.25, 0.3) is 5.76 Å². The summed E-state index contributed by atoms with van der Waals surface area (Å²) < 4.78 is 12.6. The molecule has 17 heavy (non-hydrogen) atoms. The Morgan fingerprint density at radius 2 is 1.71 bits per heavy atom. The highest BCUT2D eigenvalue weighted by molar-refractivity contribution is 5.96. The van der Waals surface area contributed by atoms with Gasteiger partial charge in [-0.2, -0.15) is 0 Å². The van der Waals surface area contributed by atoms with Crippen molar-refractivity contribution in [3.63, 3.8) is 0 Å². The number of aliphatic hydroxyl groups excluding tert-OH is 1. The van der Waals surface area contributed by atoms with E-state index in [2.05, 4.69) is 0 Å². The summed E-state index contributed by atoms with van der Waals surface area (Å²) in [7, 11) is 0. The predicted octanol–water partition coefficient (Wildman–Crippen LogP) is 2.16. The molecule has 4 nitrogen and oxygen atoms in total. The molecule has 0 saturated heterocycles. The Kier molecular flexibility index (Phi) is 4.39. The number of ketones is 1. The Morgan fingerprint density at radius 1 is 1.12 bits per heavy atom. The average Bonchev–Trinajstić information content (AvgIpc) is 2.27. The molecule has 0 atom stereocenters. The van der Waals surface area contributed by atoms with Crippen LogP contribution in [0.5, 0.6) is 0 Å². The number of carboxylic acid groups (broad SMARTS) is 1. The third kappa shape index (κ3) is 4.46. The van der Waals surface area contributed by atoms with Gasteiger partial charge in [0.25, 0.3) is 0 Å². The van der Waals surface area contributed by atoms with Crippen LogP contribution in [-0.4, -0.2) is 22.0 Å². The van der Waals surface area contributed by atoms with E-state index in [1.165, 1.54) is 12.1 Å². The number of hydrogen-bond acceptors (Lipinski definition) is 3. The molecule has 0 saturated carbocycles. The highest BCUT2D eigenvalue weighted by Gasteiger charge is 2.06. The third-order valence-corrected chi connectivity index (χ3v) is 2.02. The molecule has 0 unspecified atom stereocenters. The summed E-state index contributed by atoms with van der Waals surface area (Å²) >= 11 is 0. The molecule has 5 heteroatoms. The van der Waals surface area contributed by atoms with E-state index in [9.17, 15) is 19.1 Å². The number of benzene rings is 1. The van der Waals surface area contributed by atoms with Crippen molar-refractivity contribution < 1.29 is 24.2 Å². The van der Waals surface area contributed by atoms with Gasteiger partial charge in [0, 0.05) is 18.1 Å². The van der Waals surface area contributed by atoms with Gasteiger partial charge in [0.1, 0.15) is 11.6 Å². The first kappa shape index (κ1) is 12.9. The molecular formula is C12H11FO4. The van der Waals surface area contributed by atoms with Crippen LogP contribution >= 0.6 is 0 Å². The van der Waals surface area contributed by atoms with Crippen LogP contribution in [-0.2, 0) is 9.59 Å². The summed E-state index contributed by atoms with van der Waals surface area (Å²) in [6, 6.07) is 4.96. The van der Waals surface area contributed by atoms with Crippen LogP contribution in [0.15, 0.2) is 30.3 Å². The fraction of sp³-hybridized carbons (Fsp3) is 0.167. The normalized spacial score (nSPS) is 11.2. The monoisotopic (exact) mass is 238 g/mol. The number of rotatable bonds is 5. The number of halogens is 1. The van der Waals surface area contributed by atoms with Crippen molar-refractivity contribution in [2.75, 3.05) is 0 Å². The molecule has 0 radical (unpaired) electrons. The Balaban J connectivity index is 2.68. The topological polar surface area (TPSA) is 74.6 Å². The molecule has 0 fully saturated rings. The van der Waals surface area contributed by atoms with Crippen LogP contribution in [0, 0.1) is 5.82 Å². The van der Waals surface area contributed by atoms with Gasteiger partial charge in [-0.25, -0.2) is 4.39 Å². The van der Waals surface area contributed by atoms with Gasteiger partial charge < -0.3 is 10.2 Å². The minimum atomic E-state index is -1.08. The molecule has 0 spiro atoms. The lowest BCUT2D eigenvalue weighted by Crippen LogP contribution is -2.01. The van der Waals surface area contributed by atoms with Gasteiger partial charge in [-0.05, 0) is 24.3 Å². The zero-order chi connectivity index (χ0) is 12.8. The van der Waals surface area contributed by atoms with Crippen molar-refractivity contribution in [1.82, 2.24) is 0 Å². The molecule has 0 aliphatic carbocycles. The molecule has 2 N–H and O–H groups in total. The molecule has 0 aliphatic heterocycles. The molecule has 1 aromatic rings. The molecular weight excluding hydrogens is 227 g/mol. The Hall–Kier alpha value is -2.17. The van der Waals surface area contributed by atoms with E-state index in [4.69, 9.17) is 5.11 Å². The molecule has 0 aliphatic rings. The summed E-state index contributed by atoms with van der Waals surface area (Å²) in [5.74, 6) is -2.32. The smallest absolute Gasteiger partial charge is 0.303 e. The second-order valence-electron chi connectivity index (χ2n) is 3.40. The molecule has 0 heterocycles. The number of aliphatic hydroxyl groups is 1. The molecule has 0 bridgehead atoms. The van der Waals surface area contributed by atoms with Gasteiger partial charge in [0.15, 0.2) is 5.78 Å². The van der Waals surface area contributed by atoms with Gasteiger partial charge in [0.2, 0.25) is 0 Å². The SMILES string of the molecule is O=C(O)CCC(=O)C=C(O)c1ccc(F)cc1. The lowest BCUT2D eigenvalue weighted by Gasteiger charge is -1.99. The van der Waals surface area contributed by atoms with Crippen molar-refractivity contribution in [2.24, 2.45) is 0 Å². The molecule has 0 aromatic heterocycles. The maximum absolute atomic E-state index is 12.6. The first-order valence-corrected chi connectivity index (χ1v) is 4.90. The number of carbonyl (C=O) groups is 2. The summed E-state index contributed by atoms with van der Waals surface area (Å²) in [5, 5.41) is 17.9. The van der Waals surface area contributed by atoms with Gasteiger partial charge in [-0.1, -0.05) is 0 Å². The van der Waals surface area contributed by atoms with Crippen molar-refractivity contribution in [3.8, 4) is 0 Å². The van der Waals surface area contributed by atoms with E-state index in [0.717, 1.165) is 18.2 Å². The lowest BCUT2D eigenvalue weighted by molar-refractivity contribution is -0.138. The van der Waals surface area contributed by atoms with Crippen LogP contribution in [0.4, 0.5) is 4.39 Å². The maximum atomic E-state index is 12.6. The van der Waals surface area contributed by atoms with Gasteiger partial charge in [0.05, 0.1) is 6.42 Å². The second-order valence-corrected chi connectivity index (χ2v) is 3.40. The second kappa shape index (κ2) is 5.79. The van der Waals surface area contributed by atoms with Crippen molar-refractivity contribution in [1.29, 1.82) is 0 Å². The van der Waals surface area contributed by atoms with Crippen molar-refractivity contribution in [2.45, 2.75) is 12.8 Å². The van der Waals surface area contributed by atoms with Crippen molar-refractivity contribution in [3.05, 3.63) is 41.7 Å². The third-order valence-electron chi connectivity index (χ3n) is 2.02. The standard InChI is InChI=1S/C12H11FO4/c13-9-3-1-8(2-4-9)11(15)7-10(14)5-6-12(16)17/h1-4,7,15H,5-6H2,(H,16,17). The van der Waals surface area contributed by atoms with E-state index >= 15 is 0 Å². The number of hydrogen-bond donors (Lipinski definition) is 2. The highest BCUT2D eigenvalue weighted by atomic mass is 19.1. The summed E-state index contributed by atoms with van der Waals surface area (Å²) in [6.07, 6.45) is 0.475. The molecule has 0 amide bonds. The largest absolute Gasteiger partial charge is 0.507 e. The molecule has 1 rings (SSSR count). The van der Waals surface area contributed by atoms with Crippen LogP contribution in [0.1, 0.15) is 18.4 Å². The zero-order valence-electron chi connectivity index (χ0n) is 8.89. The van der Waals surface area contributed by atoms with Crippen LogP contribution in [0.2, 0.25) is 0 Å². The van der Waals surface area contributed by atoms with Crippen LogP contribution in [0.3, 0.4) is 0 Å². The maximum Gasteiger partial charge on any atom is 0.303 e. The number of carboxylic acids is 1. The number of carbonyl (C=O) groups excluding carboxylic acids is 1. The quantitative estimate of drug-likeness (QED) is 0.608. The minimum absolute atomic E-state index is 0.180. The van der Waals surface area contributed by atoms with Gasteiger partial charge >= 0.3 is 5.97 Å². The Morgan fingerprint density at radius 3 is 2.24 bits per heavy atom. The highest BCUT2D eigenvalue weighted by Crippen LogP contribution is 2.12. The number of aliphatic carboxylic acids is 1. The number of allylic oxidation sites excluding steroid dienone is 1. The Labute approximate surface area is 97.0 Å². The van der Waals surface area contributed by atoms with E-state index in [1.807, 2.05) is 0 Å². The molecule has 1 aromatic carbocycles. The van der Waals surface area contributed by atoms with E-state index in [-0.39, 0.29) is 18.6 Å². The minimum Gasteiger partial charge on any atom is -0.507 e. The summed E-state index contributed by atoms with van der Waals surface area (Å²) in [6.45, 7) is 0. The molecule has 90 valence electrons. The summed E-state index contributed by atoms with van der Waals surface area (Å²) in [4.78, 5) is 21.4. The first-order chi connectivity index (χ1) is 7.99. The zero-order valence-corrected chi connectivity index (χ0v) is 8.89. The van der Waals surface area contributed by atoms with Gasteiger partial charge in [-0.3, -0.25) is 9.59 Å². The van der Waals surface area contributed by atoms with E-state index in [1.54, 1.807) is 0 Å². The predicted molar refractivity (Wildman–Crippen MR) is 58.9 cm³/mol. The lowest BCUT2D eigenvalue weighted by atomic mass is 10.1. The average molecular weight is 238 g/mol. The van der Waals surface area contributed by atoms with E-state index < -0.39 is 17.6 Å². The fourth-order valence-corrected chi connectivity index (χ4v) is 1.16. The summed E-state index contributed by atoms with van der Waals surface area (Å²) in [5.41, 5.74) is 0.301.